The quantitative estimate of drug-likeness (QED) is 0.164. The van der Waals surface area contributed by atoms with Crippen molar-refractivity contribution in [3.8, 4) is 33.4 Å². The van der Waals surface area contributed by atoms with E-state index in [2.05, 4.69) is 170 Å². The summed E-state index contributed by atoms with van der Waals surface area (Å²) >= 11 is 3.89. The highest BCUT2D eigenvalue weighted by atomic mass is 32.1. The molecule has 0 N–H and O–H groups in total. The van der Waals surface area contributed by atoms with Gasteiger partial charge in [-0.3, -0.25) is 0 Å². The van der Waals surface area contributed by atoms with Crippen LogP contribution in [-0.4, -0.2) is 0 Å². The minimum atomic E-state index is 1.24. The largest absolute Gasteiger partial charge is 0.134 e. The molecule has 0 aliphatic rings. The first kappa shape index (κ1) is 28.1. The first-order valence-corrected chi connectivity index (χ1v) is 18.7. The number of hydrogen-bond donors (Lipinski definition) is 0. The molecule has 0 radical (unpaired) electrons. The van der Waals surface area contributed by atoms with Crippen LogP contribution in [0, 0.1) is 0 Å². The van der Waals surface area contributed by atoms with Gasteiger partial charge in [-0.15, -0.1) is 22.7 Å². The minimum absolute atomic E-state index is 1.24. The maximum absolute atomic E-state index is 2.48. The molecule has 9 aromatic carbocycles. The number of fused-ring (bicyclic) bond motifs is 11. The van der Waals surface area contributed by atoms with Crippen molar-refractivity contribution >= 4 is 95.3 Å². The van der Waals surface area contributed by atoms with E-state index in [1.165, 1.54) is 106 Å². The maximum Gasteiger partial charge on any atom is 0.0540 e. The molecule has 0 aliphatic heterocycles. The van der Waals surface area contributed by atoms with Crippen LogP contribution in [-0.2, 0) is 0 Å². The molecular weight excluding hydrogens is 641 g/mol. The summed E-state index contributed by atoms with van der Waals surface area (Å²) in [6, 6.07) is 62.9. The van der Waals surface area contributed by atoms with Gasteiger partial charge >= 0.3 is 0 Å². The Morgan fingerprint density at radius 1 is 0.300 bits per heavy atom. The van der Waals surface area contributed by atoms with E-state index in [0.717, 1.165) is 0 Å². The zero-order valence-corrected chi connectivity index (χ0v) is 28.6. The molecule has 0 saturated carbocycles. The SMILES string of the molecule is c1ccc(-c2c3ccccc3c(-c3cccc(-c4cc5c6ccc7ccccc7c6sc5c5sc6ccccc6c45)c3)c3ccccc23)cc1. The van der Waals surface area contributed by atoms with Crippen LogP contribution in [0.15, 0.2) is 170 Å². The second kappa shape index (κ2) is 10.9. The van der Waals surface area contributed by atoms with Crippen LogP contribution in [0.1, 0.15) is 0 Å². The number of thiophene rings is 2. The van der Waals surface area contributed by atoms with E-state index in [-0.39, 0.29) is 0 Å². The second-order valence-corrected chi connectivity index (χ2v) is 15.2. The highest BCUT2D eigenvalue weighted by Gasteiger charge is 2.21. The van der Waals surface area contributed by atoms with E-state index in [9.17, 15) is 0 Å². The Bertz CT molecular complexity index is 3080. The lowest BCUT2D eigenvalue weighted by molar-refractivity contribution is 1.64. The van der Waals surface area contributed by atoms with Crippen molar-refractivity contribution in [2.75, 3.05) is 0 Å². The lowest BCUT2D eigenvalue weighted by Crippen LogP contribution is -1.91. The van der Waals surface area contributed by atoms with Gasteiger partial charge in [-0.2, -0.15) is 0 Å². The molecule has 50 heavy (non-hydrogen) atoms. The van der Waals surface area contributed by atoms with Gasteiger partial charge in [0.15, 0.2) is 0 Å². The normalized spacial score (nSPS) is 12.0. The molecule has 2 aromatic heterocycles. The molecule has 2 heteroatoms. The van der Waals surface area contributed by atoms with Crippen molar-refractivity contribution in [1.82, 2.24) is 0 Å². The summed E-state index contributed by atoms with van der Waals surface area (Å²) in [5.74, 6) is 0. The van der Waals surface area contributed by atoms with Gasteiger partial charge in [0.2, 0.25) is 0 Å². The summed E-state index contributed by atoms with van der Waals surface area (Å²) in [6.45, 7) is 0. The summed E-state index contributed by atoms with van der Waals surface area (Å²) in [5.41, 5.74) is 7.62. The summed E-state index contributed by atoms with van der Waals surface area (Å²) < 4.78 is 5.49. The van der Waals surface area contributed by atoms with E-state index in [1.54, 1.807) is 0 Å². The predicted molar refractivity (Wildman–Crippen MR) is 221 cm³/mol. The first-order valence-electron chi connectivity index (χ1n) is 17.1. The van der Waals surface area contributed by atoms with E-state index in [0.29, 0.717) is 0 Å². The van der Waals surface area contributed by atoms with Crippen molar-refractivity contribution in [1.29, 1.82) is 0 Å². The Kier molecular flexibility index (Phi) is 6.09. The molecule has 0 amide bonds. The molecule has 0 spiro atoms. The van der Waals surface area contributed by atoms with Crippen LogP contribution in [0.2, 0.25) is 0 Å². The molecule has 0 aliphatic carbocycles. The molecule has 0 fully saturated rings. The summed E-state index contributed by atoms with van der Waals surface area (Å²) in [5, 5.41) is 13.1. The molecule has 232 valence electrons. The Morgan fingerprint density at radius 2 is 0.880 bits per heavy atom. The van der Waals surface area contributed by atoms with Crippen molar-refractivity contribution in [2.45, 2.75) is 0 Å². The molecule has 2 heterocycles. The zero-order chi connectivity index (χ0) is 32.8. The van der Waals surface area contributed by atoms with E-state index >= 15 is 0 Å². The van der Waals surface area contributed by atoms with Gasteiger partial charge < -0.3 is 0 Å². The van der Waals surface area contributed by atoms with Gasteiger partial charge in [0.05, 0.1) is 9.40 Å². The highest BCUT2D eigenvalue weighted by molar-refractivity contribution is 7.34. The van der Waals surface area contributed by atoms with E-state index < -0.39 is 0 Å². The van der Waals surface area contributed by atoms with Gasteiger partial charge in [0.1, 0.15) is 0 Å². The number of hydrogen-bond acceptors (Lipinski definition) is 2. The Hall–Kier alpha value is -5.80. The predicted octanol–water partition coefficient (Wildman–Crippen LogP) is 14.9. The van der Waals surface area contributed by atoms with Crippen LogP contribution < -0.4 is 0 Å². The summed E-state index contributed by atoms with van der Waals surface area (Å²) in [7, 11) is 0. The molecule has 0 atom stereocenters. The first-order chi connectivity index (χ1) is 24.8. The lowest BCUT2D eigenvalue weighted by Gasteiger charge is -2.18. The average Bonchev–Trinajstić information content (AvgIpc) is 3.76. The number of benzene rings is 9. The topological polar surface area (TPSA) is 0 Å². The van der Waals surface area contributed by atoms with Crippen molar-refractivity contribution in [3.05, 3.63) is 170 Å². The molecule has 11 rings (SSSR count). The van der Waals surface area contributed by atoms with Gasteiger partial charge in [0, 0.05) is 30.9 Å². The van der Waals surface area contributed by atoms with Crippen molar-refractivity contribution in [2.24, 2.45) is 0 Å². The van der Waals surface area contributed by atoms with Gasteiger partial charge in [-0.1, -0.05) is 152 Å². The van der Waals surface area contributed by atoms with Gasteiger partial charge in [-0.05, 0) is 83.9 Å². The van der Waals surface area contributed by atoms with E-state index in [4.69, 9.17) is 0 Å². The lowest BCUT2D eigenvalue weighted by atomic mass is 9.85. The van der Waals surface area contributed by atoms with Crippen LogP contribution in [0.25, 0.3) is 106 Å². The van der Waals surface area contributed by atoms with Gasteiger partial charge in [0.25, 0.3) is 0 Å². The van der Waals surface area contributed by atoms with Gasteiger partial charge in [-0.25, -0.2) is 0 Å². The van der Waals surface area contributed by atoms with Crippen LogP contribution in [0.4, 0.5) is 0 Å². The fourth-order valence-electron chi connectivity index (χ4n) is 8.27. The van der Waals surface area contributed by atoms with Crippen molar-refractivity contribution in [3.63, 3.8) is 0 Å². The Labute approximate surface area is 297 Å². The summed E-state index contributed by atoms with van der Waals surface area (Å²) in [4.78, 5) is 0. The Balaban J connectivity index is 1.23. The average molecular weight is 669 g/mol. The van der Waals surface area contributed by atoms with Crippen LogP contribution in [0.3, 0.4) is 0 Å². The third-order valence-electron chi connectivity index (χ3n) is 10.4. The summed E-state index contributed by atoms with van der Waals surface area (Å²) in [6.07, 6.45) is 0. The molecule has 0 unspecified atom stereocenters. The third kappa shape index (κ3) is 4.04. The highest BCUT2D eigenvalue weighted by Crippen LogP contribution is 2.50. The molecule has 0 nitrogen and oxygen atoms in total. The molecule has 0 saturated heterocycles. The fraction of sp³-hybridized carbons (Fsp3) is 0. The molecule has 0 bridgehead atoms. The van der Waals surface area contributed by atoms with E-state index in [1.807, 2.05) is 22.7 Å². The maximum atomic E-state index is 2.48. The smallest absolute Gasteiger partial charge is 0.0540 e. The zero-order valence-electron chi connectivity index (χ0n) is 27.0. The van der Waals surface area contributed by atoms with Crippen molar-refractivity contribution < 1.29 is 0 Å². The third-order valence-corrected chi connectivity index (χ3v) is 13.0. The molecule has 11 aromatic rings. The monoisotopic (exact) mass is 668 g/mol. The second-order valence-electron chi connectivity index (χ2n) is 13.2. The minimum Gasteiger partial charge on any atom is -0.134 e. The standard InChI is InChI=1S/C48H28S2/c1-2-14-30(15-3-1)43-34-19-6-8-21-36(34)44(37-22-9-7-20-35(37)43)32-17-12-16-31(27-32)40-28-41-38-26-25-29-13-4-5-18-33(29)46(38)50-47(41)48-45(40)39-23-10-11-24-42(39)49-48/h1-28H. The van der Waals surface area contributed by atoms with Crippen LogP contribution in [0.5, 0.6) is 0 Å². The fourth-order valence-corrected chi connectivity index (χ4v) is 11.0. The molecular formula is C48H28S2. The number of rotatable bonds is 3. The Morgan fingerprint density at radius 3 is 1.62 bits per heavy atom. The van der Waals surface area contributed by atoms with Crippen LogP contribution >= 0.6 is 22.7 Å².